The summed E-state index contributed by atoms with van der Waals surface area (Å²) in [7, 11) is 1.65. The Labute approximate surface area is 162 Å². The quantitative estimate of drug-likeness (QED) is 0.679. The molecule has 0 bridgehead atoms. The Hall–Kier alpha value is -1.66. The van der Waals surface area contributed by atoms with Crippen molar-refractivity contribution in [3.8, 4) is 5.88 Å². The molecule has 1 aromatic heterocycles. The number of aromatic nitrogens is 1. The molecule has 0 unspecified atom stereocenters. The van der Waals surface area contributed by atoms with E-state index in [2.05, 4.69) is 31.1 Å². The molecule has 152 valence electrons. The first-order valence-electron chi connectivity index (χ1n) is 9.82. The van der Waals surface area contributed by atoms with E-state index in [0.717, 1.165) is 32.1 Å². The van der Waals surface area contributed by atoms with Crippen LogP contribution >= 0.6 is 0 Å². The lowest BCUT2D eigenvalue weighted by Crippen LogP contribution is -2.46. The molecule has 0 atom stereocenters. The highest BCUT2D eigenvalue weighted by molar-refractivity contribution is 5.93. The third-order valence-electron chi connectivity index (χ3n) is 5.46. The number of carbonyl (C=O) groups is 1. The number of rotatable bonds is 8. The van der Waals surface area contributed by atoms with E-state index in [0.29, 0.717) is 30.6 Å². The summed E-state index contributed by atoms with van der Waals surface area (Å²) in [6.07, 6.45) is 5.72. The maximum atomic E-state index is 12.3. The fraction of sp³-hybridized carbons (Fsp3) is 0.714. The zero-order chi connectivity index (χ0) is 19.9. The molecule has 2 N–H and O–H groups in total. The minimum atomic E-state index is -0.810. The summed E-state index contributed by atoms with van der Waals surface area (Å²) >= 11 is 0. The second kappa shape index (κ2) is 9.51. The van der Waals surface area contributed by atoms with Crippen molar-refractivity contribution < 1.29 is 19.4 Å². The van der Waals surface area contributed by atoms with E-state index in [1.165, 1.54) is 6.20 Å². The van der Waals surface area contributed by atoms with Crippen LogP contribution in [0.5, 0.6) is 5.88 Å². The number of aliphatic hydroxyl groups is 1. The number of pyridine rings is 1. The Bertz CT molecular complexity index is 587. The van der Waals surface area contributed by atoms with Crippen molar-refractivity contribution in [2.75, 3.05) is 26.9 Å². The molecule has 0 aromatic carbocycles. The number of carbonyl (C=O) groups excluding carboxylic acids is 1. The summed E-state index contributed by atoms with van der Waals surface area (Å²) in [5, 5.41) is 13.6. The van der Waals surface area contributed by atoms with Gasteiger partial charge in [-0.05, 0) is 43.1 Å². The van der Waals surface area contributed by atoms with Crippen molar-refractivity contribution in [3.63, 3.8) is 0 Å². The largest absolute Gasteiger partial charge is 0.478 e. The van der Waals surface area contributed by atoms with Crippen molar-refractivity contribution in [1.82, 2.24) is 10.3 Å². The molecule has 1 fully saturated rings. The monoisotopic (exact) mass is 378 g/mol. The van der Waals surface area contributed by atoms with Crippen LogP contribution in [0.1, 0.15) is 63.2 Å². The predicted octanol–water partition coefficient (Wildman–Crippen LogP) is 3.19. The third kappa shape index (κ3) is 6.78. The Morgan fingerprint density at radius 3 is 2.56 bits per heavy atom. The zero-order valence-electron chi connectivity index (χ0n) is 17.1. The van der Waals surface area contributed by atoms with Crippen LogP contribution in [-0.2, 0) is 4.74 Å². The predicted molar refractivity (Wildman–Crippen MR) is 105 cm³/mol. The molecular weight excluding hydrogens is 344 g/mol. The standard InChI is InChI=1S/C21H34N2O4/c1-20(2,3)17-8-10-21(25,11-9-17)15-23-19(24)16-6-7-18(22-14-16)27-13-5-12-26-4/h6-7,14,17,25H,5,8-13,15H2,1-4H3,(H,23,24). The van der Waals surface area contributed by atoms with E-state index in [-0.39, 0.29) is 17.9 Å². The van der Waals surface area contributed by atoms with Gasteiger partial charge in [0, 0.05) is 38.9 Å². The molecule has 1 aliphatic carbocycles. The molecule has 2 rings (SSSR count). The van der Waals surface area contributed by atoms with Gasteiger partial charge in [-0.25, -0.2) is 4.98 Å². The molecule has 1 aliphatic rings. The number of methoxy groups -OCH3 is 1. The molecule has 1 saturated carbocycles. The van der Waals surface area contributed by atoms with E-state index in [1.807, 2.05) is 0 Å². The van der Waals surface area contributed by atoms with Crippen molar-refractivity contribution in [2.45, 2.75) is 58.5 Å². The highest BCUT2D eigenvalue weighted by Gasteiger charge is 2.37. The van der Waals surface area contributed by atoms with Gasteiger partial charge >= 0.3 is 0 Å². The molecule has 0 aliphatic heterocycles. The molecule has 27 heavy (non-hydrogen) atoms. The molecular formula is C21H34N2O4. The molecule has 6 heteroatoms. The second-order valence-electron chi connectivity index (χ2n) is 8.63. The van der Waals surface area contributed by atoms with Crippen molar-refractivity contribution in [1.29, 1.82) is 0 Å². The van der Waals surface area contributed by atoms with Crippen LogP contribution in [0.3, 0.4) is 0 Å². The highest BCUT2D eigenvalue weighted by atomic mass is 16.5. The van der Waals surface area contributed by atoms with Crippen LogP contribution in [0.25, 0.3) is 0 Å². The first kappa shape index (κ1) is 21.6. The number of hydrogen-bond acceptors (Lipinski definition) is 5. The summed E-state index contributed by atoms with van der Waals surface area (Å²) in [4.78, 5) is 16.5. The first-order valence-corrected chi connectivity index (χ1v) is 9.82. The zero-order valence-corrected chi connectivity index (χ0v) is 17.1. The fourth-order valence-corrected chi connectivity index (χ4v) is 3.52. The van der Waals surface area contributed by atoms with Gasteiger partial charge < -0.3 is 19.9 Å². The molecule has 0 radical (unpaired) electrons. The lowest BCUT2D eigenvalue weighted by molar-refractivity contribution is -0.0228. The number of ether oxygens (including phenoxy) is 2. The van der Waals surface area contributed by atoms with Crippen LogP contribution in [0.4, 0.5) is 0 Å². The molecule has 1 aromatic rings. The van der Waals surface area contributed by atoms with Crippen molar-refractivity contribution in [2.24, 2.45) is 11.3 Å². The molecule has 0 spiro atoms. The Kier molecular flexibility index (Phi) is 7.62. The minimum absolute atomic E-state index is 0.222. The summed E-state index contributed by atoms with van der Waals surface area (Å²) < 4.78 is 10.5. The lowest BCUT2D eigenvalue weighted by Gasteiger charge is -2.41. The maximum Gasteiger partial charge on any atom is 0.252 e. The molecule has 1 amide bonds. The van der Waals surface area contributed by atoms with Crippen LogP contribution in [0.2, 0.25) is 0 Å². The number of amides is 1. The summed E-state index contributed by atoms with van der Waals surface area (Å²) in [6.45, 7) is 8.19. The molecule has 0 saturated heterocycles. The van der Waals surface area contributed by atoms with Gasteiger partial charge in [0.1, 0.15) is 0 Å². The molecule has 1 heterocycles. The average Bonchev–Trinajstić information content (AvgIpc) is 2.63. The Morgan fingerprint density at radius 1 is 1.30 bits per heavy atom. The van der Waals surface area contributed by atoms with Gasteiger partial charge in [-0.3, -0.25) is 4.79 Å². The van der Waals surface area contributed by atoms with Crippen LogP contribution in [0.15, 0.2) is 18.3 Å². The van der Waals surface area contributed by atoms with E-state index in [9.17, 15) is 9.90 Å². The van der Waals surface area contributed by atoms with Crippen molar-refractivity contribution in [3.05, 3.63) is 23.9 Å². The summed E-state index contributed by atoms with van der Waals surface area (Å²) in [6, 6.07) is 3.37. The van der Waals surface area contributed by atoms with Gasteiger partial charge in [-0.15, -0.1) is 0 Å². The first-order chi connectivity index (χ1) is 12.7. The number of nitrogens with zero attached hydrogens (tertiary/aromatic N) is 1. The van der Waals surface area contributed by atoms with Crippen LogP contribution in [-0.4, -0.2) is 48.5 Å². The van der Waals surface area contributed by atoms with Crippen LogP contribution < -0.4 is 10.1 Å². The molecule has 6 nitrogen and oxygen atoms in total. The van der Waals surface area contributed by atoms with Gasteiger partial charge in [0.05, 0.1) is 17.8 Å². The van der Waals surface area contributed by atoms with Gasteiger partial charge in [-0.2, -0.15) is 0 Å². The fourth-order valence-electron chi connectivity index (χ4n) is 3.52. The van der Waals surface area contributed by atoms with Crippen molar-refractivity contribution >= 4 is 5.91 Å². The summed E-state index contributed by atoms with van der Waals surface area (Å²) in [5.41, 5.74) is -0.0787. The topological polar surface area (TPSA) is 80.7 Å². The van der Waals surface area contributed by atoms with Gasteiger partial charge in [-0.1, -0.05) is 20.8 Å². The van der Waals surface area contributed by atoms with Gasteiger partial charge in [0.25, 0.3) is 5.91 Å². The average molecular weight is 379 g/mol. The van der Waals surface area contributed by atoms with E-state index < -0.39 is 5.60 Å². The van der Waals surface area contributed by atoms with E-state index >= 15 is 0 Å². The number of hydrogen-bond donors (Lipinski definition) is 2. The minimum Gasteiger partial charge on any atom is -0.478 e. The van der Waals surface area contributed by atoms with Gasteiger partial charge in [0.15, 0.2) is 0 Å². The Morgan fingerprint density at radius 2 is 2.00 bits per heavy atom. The second-order valence-corrected chi connectivity index (χ2v) is 8.63. The summed E-state index contributed by atoms with van der Waals surface area (Å²) in [5.74, 6) is 0.885. The normalized spacial score (nSPS) is 23.1. The SMILES string of the molecule is COCCCOc1ccc(C(=O)NCC2(O)CCC(C(C)(C)C)CC2)cn1. The maximum absolute atomic E-state index is 12.3. The van der Waals surface area contributed by atoms with E-state index in [4.69, 9.17) is 9.47 Å². The highest BCUT2D eigenvalue weighted by Crippen LogP contribution is 2.41. The third-order valence-corrected chi connectivity index (χ3v) is 5.46. The number of nitrogens with one attached hydrogen (secondary N) is 1. The van der Waals surface area contributed by atoms with E-state index in [1.54, 1.807) is 19.2 Å². The van der Waals surface area contributed by atoms with Crippen LogP contribution in [0, 0.1) is 11.3 Å². The lowest BCUT2D eigenvalue weighted by atomic mass is 9.68. The Balaban J connectivity index is 1.78. The van der Waals surface area contributed by atoms with Gasteiger partial charge in [0.2, 0.25) is 5.88 Å². The smallest absolute Gasteiger partial charge is 0.252 e.